The van der Waals surface area contributed by atoms with Crippen LogP contribution in [0.25, 0.3) is 11.0 Å². The molecule has 1 aromatic heterocycles. The number of benzene rings is 1. The van der Waals surface area contributed by atoms with Crippen molar-refractivity contribution in [3.8, 4) is 0 Å². The van der Waals surface area contributed by atoms with Crippen LogP contribution in [0.15, 0.2) is 24.4 Å². The van der Waals surface area contributed by atoms with Crippen LogP contribution >= 0.6 is 0 Å². The van der Waals surface area contributed by atoms with Gasteiger partial charge in [0.15, 0.2) is 0 Å². The molecule has 1 aromatic carbocycles. The number of aromatic nitrogens is 2. The normalized spacial score (nSPS) is 19.2. The van der Waals surface area contributed by atoms with Crippen molar-refractivity contribution in [3.63, 3.8) is 0 Å². The van der Waals surface area contributed by atoms with Crippen LogP contribution in [0, 0.1) is 10.1 Å². The van der Waals surface area contributed by atoms with E-state index in [0.29, 0.717) is 23.4 Å². The topological polar surface area (TPSA) is 92.4 Å². The molecule has 1 unspecified atom stereocenters. The Labute approximate surface area is 115 Å². The van der Waals surface area contributed by atoms with E-state index in [-0.39, 0.29) is 11.8 Å². The molecule has 1 fully saturated rings. The maximum Gasteiger partial charge on any atom is 0.271 e. The van der Waals surface area contributed by atoms with Gasteiger partial charge < -0.3 is 10.0 Å². The van der Waals surface area contributed by atoms with Gasteiger partial charge in [-0.25, -0.2) is 4.98 Å². The second-order valence-electron chi connectivity index (χ2n) is 4.90. The van der Waals surface area contributed by atoms with Crippen LogP contribution in [0.3, 0.4) is 0 Å². The Bertz CT molecular complexity index is 661. The summed E-state index contributed by atoms with van der Waals surface area (Å²) in [7, 11) is 0. The van der Waals surface area contributed by atoms with E-state index >= 15 is 0 Å². The van der Waals surface area contributed by atoms with E-state index < -0.39 is 4.92 Å². The average Bonchev–Trinajstić information content (AvgIpc) is 2.46. The molecule has 1 aliphatic heterocycles. The van der Waals surface area contributed by atoms with Gasteiger partial charge in [0.05, 0.1) is 28.3 Å². The van der Waals surface area contributed by atoms with E-state index in [0.717, 1.165) is 19.4 Å². The zero-order valence-corrected chi connectivity index (χ0v) is 10.8. The molecule has 1 N–H and O–H groups in total. The average molecular weight is 274 g/mol. The number of nitro groups is 1. The summed E-state index contributed by atoms with van der Waals surface area (Å²) in [5.74, 6) is 0.699. The number of aliphatic hydroxyl groups excluding tert-OH is 1. The van der Waals surface area contributed by atoms with Gasteiger partial charge in [0.25, 0.3) is 5.69 Å². The SMILES string of the molecule is O=[N+]([O-])c1ccc2nc(N3CCCC(O)C3)cnc2c1. The molecular formula is C13H14N4O3. The van der Waals surface area contributed by atoms with E-state index in [2.05, 4.69) is 9.97 Å². The van der Waals surface area contributed by atoms with Crippen molar-refractivity contribution in [1.82, 2.24) is 9.97 Å². The van der Waals surface area contributed by atoms with E-state index in [9.17, 15) is 15.2 Å². The summed E-state index contributed by atoms with van der Waals surface area (Å²) in [5.41, 5.74) is 1.13. The van der Waals surface area contributed by atoms with Crippen molar-refractivity contribution in [3.05, 3.63) is 34.5 Å². The second-order valence-corrected chi connectivity index (χ2v) is 4.90. The van der Waals surface area contributed by atoms with Gasteiger partial charge in [-0.15, -0.1) is 0 Å². The Morgan fingerprint density at radius 3 is 3.00 bits per heavy atom. The van der Waals surface area contributed by atoms with Crippen molar-refractivity contribution in [2.45, 2.75) is 18.9 Å². The van der Waals surface area contributed by atoms with Crippen LogP contribution in [-0.2, 0) is 0 Å². The van der Waals surface area contributed by atoms with Gasteiger partial charge >= 0.3 is 0 Å². The molecule has 0 radical (unpaired) electrons. The fraction of sp³-hybridized carbons (Fsp3) is 0.385. The van der Waals surface area contributed by atoms with Gasteiger partial charge in [0, 0.05) is 25.2 Å². The number of rotatable bonds is 2. The maximum atomic E-state index is 10.7. The minimum absolute atomic E-state index is 0.00736. The predicted octanol–water partition coefficient (Wildman–Crippen LogP) is 1.50. The van der Waals surface area contributed by atoms with Crippen LogP contribution < -0.4 is 4.90 Å². The highest BCUT2D eigenvalue weighted by Gasteiger charge is 2.19. The van der Waals surface area contributed by atoms with Crippen molar-refractivity contribution in [2.75, 3.05) is 18.0 Å². The summed E-state index contributed by atoms with van der Waals surface area (Å²) in [4.78, 5) is 21.0. The Morgan fingerprint density at radius 1 is 1.40 bits per heavy atom. The molecule has 0 bridgehead atoms. The van der Waals surface area contributed by atoms with Gasteiger partial charge in [0.1, 0.15) is 5.82 Å². The monoisotopic (exact) mass is 274 g/mol. The molecule has 1 aliphatic rings. The standard InChI is InChI=1S/C13H14N4O3/c18-10-2-1-5-16(8-10)13-7-14-12-6-9(17(19)20)3-4-11(12)15-13/h3-4,6-7,10,18H,1-2,5,8H2. The number of aliphatic hydroxyl groups is 1. The van der Waals surface area contributed by atoms with E-state index in [1.54, 1.807) is 12.3 Å². The summed E-state index contributed by atoms with van der Waals surface area (Å²) in [5, 5.41) is 20.4. The Balaban J connectivity index is 1.94. The van der Waals surface area contributed by atoms with E-state index in [1.165, 1.54) is 12.1 Å². The summed E-state index contributed by atoms with van der Waals surface area (Å²) in [6.45, 7) is 1.39. The summed E-state index contributed by atoms with van der Waals surface area (Å²) in [6.07, 6.45) is 2.99. The molecule has 2 heterocycles. The van der Waals surface area contributed by atoms with Crippen LogP contribution in [-0.4, -0.2) is 39.2 Å². The van der Waals surface area contributed by atoms with Crippen LogP contribution in [0.1, 0.15) is 12.8 Å². The van der Waals surface area contributed by atoms with Crippen molar-refractivity contribution in [2.24, 2.45) is 0 Å². The van der Waals surface area contributed by atoms with Crippen LogP contribution in [0.2, 0.25) is 0 Å². The highest BCUT2D eigenvalue weighted by molar-refractivity contribution is 5.78. The van der Waals surface area contributed by atoms with Gasteiger partial charge in [-0.3, -0.25) is 15.1 Å². The fourth-order valence-corrected chi connectivity index (χ4v) is 2.42. The van der Waals surface area contributed by atoms with E-state index in [1.807, 2.05) is 4.90 Å². The lowest BCUT2D eigenvalue weighted by Gasteiger charge is -2.30. The number of nitrogens with zero attached hydrogens (tertiary/aromatic N) is 4. The first-order valence-corrected chi connectivity index (χ1v) is 6.48. The van der Waals surface area contributed by atoms with E-state index in [4.69, 9.17) is 0 Å². The molecule has 0 amide bonds. The largest absolute Gasteiger partial charge is 0.391 e. The summed E-state index contributed by atoms with van der Waals surface area (Å²) < 4.78 is 0. The number of fused-ring (bicyclic) bond motifs is 1. The number of hydrogen-bond acceptors (Lipinski definition) is 6. The number of nitro benzene ring substituents is 1. The third kappa shape index (κ3) is 2.39. The van der Waals surface area contributed by atoms with Gasteiger partial charge in [-0.1, -0.05) is 0 Å². The smallest absolute Gasteiger partial charge is 0.271 e. The molecule has 0 spiro atoms. The minimum atomic E-state index is -0.448. The van der Waals surface area contributed by atoms with Crippen molar-refractivity contribution in [1.29, 1.82) is 0 Å². The summed E-state index contributed by atoms with van der Waals surface area (Å²) >= 11 is 0. The number of non-ortho nitro benzene ring substituents is 1. The Hall–Kier alpha value is -2.28. The zero-order valence-electron chi connectivity index (χ0n) is 10.8. The number of anilines is 1. The van der Waals surface area contributed by atoms with Gasteiger partial charge in [-0.2, -0.15) is 0 Å². The molecule has 1 atom stereocenters. The maximum absolute atomic E-state index is 10.7. The first-order valence-electron chi connectivity index (χ1n) is 6.48. The number of hydrogen-bond donors (Lipinski definition) is 1. The lowest BCUT2D eigenvalue weighted by Crippen LogP contribution is -2.38. The van der Waals surface area contributed by atoms with Crippen molar-refractivity contribution >= 4 is 22.5 Å². The number of piperidine rings is 1. The molecule has 7 nitrogen and oxygen atoms in total. The second kappa shape index (κ2) is 5.01. The third-order valence-electron chi connectivity index (χ3n) is 3.44. The Morgan fingerprint density at radius 2 is 2.25 bits per heavy atom. The summed E-state index contributed by atoms with van der Waals surface area (Å²) in [6, 6.07) is 4.44. The van der Waals surface area contributed by atoms with Gasteiger partial charge in [-0.05, 0) is 18.9 Å². The third-order valence-corrected chi connectivity index (χ3v) is 3.44. The number of β-amino-alcohol motifs (C(OH)–C–C–N with tert-alkyl or cyclic N) is 1. The van der Waals surface area contributed by atoms with Gasteiger partial charge in [0.2, 0.25) is 0 Å². The molecule has 1 saturated heterocycles. The highest BCUT2D eigenvalue weighted by Crippen LogP contribution is 2.22. The molecule has 20 heavy (non-hydrogen) atoms. The molecule has 2 aromatic rings. The van der Waals surface area contributed by atoms with Crippen molar-refractivity contribution < 1.29 is 10.0 Å². The predicted molar refractivity (Wildman–Crippen MR) is 73.6 cm³/mol. The first-order chi connectivity index (χ1) is 9.63. The Kier molecular flexibility index (Phi) is 3.19. The molecule has 7 heteroatoms. The lowest BCUT2D eigenvalue weighted by atomic mass is 10.1. The fourth-order valence-electron chi connectivity index (χ4n) is 2.42. The minimum Gasteiger partial charge on any atom is -0.391 e. The van der Waals surface area contributed by atoms with Crippen LogP contribution in [0.4, 0.5) is 11.5 Å². The first kappa shape index (κ1) is 12.7. The lowest BCUT2D eigenvalue weighted by molar-refractivity contribution is -0.384. The zero-order chi connectivity index (χ0) is 14.1. The highest BCUT2D eigenvalue weighted by atomic mass is 16.6. The molecule has 0 saturated carbocycles. The molecule has 104 valence electrons. The van der Waals surface area contributed by atoms with Crippen LogP contribution in [0.5, 0.6) is 0 Å². The quantitative estimate of drug-likeness (QED) is 0.659. The molecule has 3 rings (SSSR count). The molecule has 0 aliphatic carbocycles. The molecular weight excluding hydrogens is 260 g/mol.